The van der Waals surface area contributed by atoms with E-state index in [1.54, 1.807) is 19.1 Å². The molecule has 0 fully saturated rings. The van der Waals surface area contributed by atoms with Gasteiger partial charge in [0.05, 0.1) is 0 Å². The third-order valence-electron chi connectivity index (χ3n) is 2.53. The van der Waals surface area contributed by atoms with Crippen LogP contribution in [0, 0.1) is 6.92 Å². The summed E-state index contributed by atoms with van der Waals surface area (Å²) < 4.78 is 5.36. The van der Waals surface area contributed by atoms with Crippen LogP contribution in [0.3, 0.4) is 0 Å². The van der Waals surface area contributed by atoms with Crippen molar-refractivity contribution in [3.63, 3.8) is 0 Å². The minimum Gasteiger partial charge on any atom is -0.479 e. The molecule has 0 bridgehead atoms. The van der Waals surface area contributed by atoms with Gasteiger partial charge >= 0.3 is 11.9 Å². The Labute approximate surface area is 105 Å². The molecule has 1 unspecified atom stereocenters. The summed E-state index contributed by atoms with van der Waals surface area (Å²) in [7, 11) is 0. The number of para-hydroxylation sites is 1. The van der Waals surface area contributed by atoms with Gasteiger partial charge in [-0.3, -0.25) is 0 Å². The van der Waals surface area contributed by atoms with Crippen LogP contribution in [-0.4, -0.2) is 28.3 Å². The first-order valence-corrected chi connectivity index (χ1v) is 5.69. The van der Waals surface area contributed by atoms with E-state index in [0.717, 1.165) is 0 Å². The second-order valence-electron chi connectivity index (χ2n) is 3.99. The molecule has 0 heterocycles. The fourth-order valence-electron chi connectivity index (χ4n) is 1.61. The lowest BCUT2D eigenvalue weighted by Crippen LogP contribution is -2.27. The molecular formula is C13H16O5. The zero-order valence-electron chi connectivity index (χ0n) is 10.3. The Balaban J connectivity index is 3.08. The largest absolute Gasteiger partial charge is 0.479 e. The van der Waals surface area contributed by atoms with Crippen LogP contribution in [0.2, 0.25) is 0 Å². The number of benzene rings is 1. The highest BCUT2D eigenvalue weighted by molar-refractivity contribution is 5.91. The summed E-state index contributed by atoms with van der Waals surface area (Å²) in [5, 5.41) is 18.1. The highest BCUT2D eigenvalue weighted by Gasteiger charge is 2.22. The Kier molecular flexibility index (Phi) is 4.71. The number of hydrogen-bond donors (Lipinski definition) is 2. The molecule has 1 aromatic carbocycles. The molecule has 0 aliphatic rings. The van der Waals surface area contributed by atoms with Crippen molar-refractivity contribution in [3.05, 3.63) is 29.3 Å². The van der Waals surface area contributed by atoms with E-state index < -0.39 is 18.0 Å². The predicted octanol–water partition coefficient (Wildman–Crippen LogP) is 2.33. The molecule has 98 valence electrons. The topological polar surface area (TPSA) is 83.8 Å². The summed E-state index contributed by atoms with van der Waals surface area (Å²) in [6.07, 6.45) is -0.0391. The van der Waals surface area contributed by atoms with Crippen LogP contribution in [-0.2, 0) is 4.79 Å². The third kappa shape index (κ3) is 3.23. The van der Waals surface area contributed by atoms with Crippen LogP contribution < -0.4 is 4.74 Å². The van der Waals surface area contributed by atoms with Crippen molar-refractivity contribution in [1.29, 1.82) is 0 Å². The van der Waals surface area contributed by atoms with Crippen molar-refractivity contribution >= 4 is 11.9 Å². The lowest BCUT2D eigenvalue weighted by Gasteiger charge is -2.17. The number of aryl methyl sites for hydroxylation is 1. The highest BCUT2D eigenvalue weighted by atomic mass is 16.5. The quantitative estimate of drug-likeness (QED) is 0.811. The van der Waals surface area contributed by atoms with Crippen LogP contribution >= 0.6 is 0 Å². The van der Waals surface area contributed by atoms with Gasteiger partial charge in [-0.15, -0.1) is 0 Å². The number of rotatable bonds is 6. The molecule has 1 atom stereocenters. The Hall–Kier alpha value is -2.04. The minimum absolute atomic E-state index is 0.0163. The number of carboxylic acids is 2. The fourth-order valence-corrected chi connectivity index (χ4v) is 1.61. The molecule has 0 aliphatic carbocycles. The molecular weight excluding hydrogens is 236 g/mol. The zero-order valence-corrected chi connectivity index (χ0v) is 10.3. The normalized spacial score (nSPS) is 11.9. The molecule has 1 rings (SSSR count). The molecule has 1 aromatic rings. The second-order valence-corrected chi connectivity index (χ2v) is 3.99. The van der Waals surface area contributed by atoms with E-state index >= 15 is 0 Å². The van der Waals surface area contributed by atoms with Gasteiger partial charge in [0.15, 0.2) is 6.10 Å². The van der Waals surface area contributed by atoms with Gasteiger partial charge in [-0.1, -0.05) is 25.5 Å². The first-order chi connectivity index (χ1) is 8.47. The van der Waals surface area contributed by atoms with Crippen molar-refractivity contribution in [1.82, 2.24) is 0 Å². The summed E-state index contributed by atoms with van der Waals surface area (Å²) in [4.78, 5) is 22.1. The van der Waals surface area contributed by atoms with Crippen LogP contribution in [0.1, 0.15) is 35.7 Å². The Morgan fingerprint density at radius 3 is 2.50 bits per heavy atom. The molecule has 0 radical (unpaired) electrons. The van der Waals surface area contributed by atoms with Crippen LogP contribution in [0.5, 0.6) is 5.75 Å². The smallest absolute Gasteiger partial charge is 0.344 e. The number of aliphatic carboxylic acids is 1. The van der Waals surface area contributed by atoms with E-state index in [-0.39, 0.29) is 11.3 Å². The van der Waals surface area contributed by atoms with Gasteiger partial charge in [-0.2, -0.15) is 0 Å². The average molecular weight is 252 g/mol. The highest BCUT2D eigenvalue weighted by Crippen LogP contribution is 2.25. The molecule has 0 saturated carbocycles. The van der Waals surface area contributed by atoms with Gasteiger partial charge in [0, 0.05) is 0 Å². The number of ether oxygens (including phenoxy) is 1. The SMILES string of the molecule is CCCC(Oc1c(C)cccc1C(=O)O)C(=O)O. The number of carboxylic acid groups (broad SMARTS) is 2. The third-order valence-corrected chi connectivity index (χ3v) is 2.53. The zero-order chi connectivity index (χ0) is 13.7. The maximum Gasteiger partial charge on any atom is 0.344 e. The number of hydrogen-bond acceptors (Lipinski definition) is 3. The molecule has 2 N–H and O–H groups in total. The molecule has 0 spiro atoms. The summed E-state index contributed by atoms with van der Waals surface area (Å²) in [5.74, 6) is -2.09. The van der Waals surface area contributed by atoms with Crippen LogP contribution in [0.4, 0.5) is 0 Å². The maximum atomic E-state index is 11.1. The maximum absolute atomic E-state index is 11.1. The Bertz CT molecular complexity index is 453. The van der Waals surface area contributed by atoms with E-state index in [9.17, 15) is 9.59 Å². The summed E-state index contributed by atoms with van der Waals surface area (Å²) in [6, 6.07) is 4.68. The van der Waals surface area contributed by atoms with Gasteiger partial charge < -0.3 is 14.9 Å². The number of aromatic carboxylic acids is 1. The summed E-state index contributed by atoms with van der Waals surface area (Å²) in [5.41, 5.74) is 0.592. The molecule has 0 amide bonds. The summed E-state index contributed by atoms with van der Waals surface area (Å²) in [6.45, 7) is 3.53. The lowest BCUT2D eigenvalue weighted by molar-refractivity contribution is -0.145. The van der Waals surface area contributed by atoms with Crippen molar-refractivity contribution < 1.29 is 24.5 Å². The Morgan fingerprint density at radius 2 is 2.00 bits per heavy atom. The van der Waals surface area contributed by atoms with Crippen LogP contribution in [0.25, 0.3) is 0 Å². The molecule has 5 heteroatoms. The minimum atomic E-state index is -1.13. The molecule has 0 saturated heterocycles. The van der Waals surface area contributed by atoms with Gasteiger partial charge in [0.2, 0.25) is 0 Å². The van der Waals surface area contributed by atoms with Crippen molar-refractivity contribution in [2.75, 3.05) is 0 Å². The standard InChI is InChI=1S/C13H16O5/c1-3-5-10(13(16)17)18-11-8(2)6-4-7-9(11)12(14)15/h4,6-7,10H,3,5H2,1-2H3,(H,14,15)(H,16,17). The van der Waals surface area contributed by atoms with Crippen molar-refractivity contribution in [3.8, 4) is 5.75 Å². The van der Waals surface area contributed by atoms with Crippen molar-refractivity contribution in [2.24, 2.45) is 0 Å². The molecule has 0 aromatic heterocycles. The van der Waals surface area contributed by atoms with E-state index in [2.05, 4.69) is 0 Å². The first kappa shape index (κ1) is 14.0. The molecule has 0 aliphatic heterocycles. The van der Waals surface area contributed by atoms with E-state index in [4.69, 9.17) is 14.9 Å². The van der Waals surface area contributed by atoms with Crippen LogP contribution in [0.15, 0.2) is 18.2 Å². The van der Waals surface area contributed by atoms with Gasteiger partial charge in [0.1, 0.15) is 11.3 Å². The van der Waals surface area contributed by atoms with Crippen molar-refractivity contribution in [2.45, 2.75) is 32.8 Å². The van der Waals surface area contributed by atoms with E-state index in [1.807, 2.05) is 6.92 Å². The summed E-state index contributed by atoms with van der Waals surface area (Å²) >= 11 is 0. The second kappa shape index (κ2) is 6.05. The van der Waals surface area contributed by atoms with E-state index in [0.29, 0.717) is 18.4 Å². The van der Waals surface area contributed by atoms with Gasteiger partial charge in [-0.05, 0) is 25.0 Å². The Morgan fingerprint density at radius 1 is 1.33 bits per heavy atom. The lowest BCUT2D eigenvalue weighted by atomic mass is 10.1. The monoisotopic (exact) mass is 252 g/mol. The molecule has 5 nitrogen and oxygen atoms in total. The van der Waals surface area contributed by atoms with Gasteiger partial charge in [0.25, 0.3) is 0 Å². The first-order valence-electron chi connectivity index (χ1n) is 5.69. The average Bonchev–Trinajstić information content (AvgIpc) is 2.30. The fraction of sp³-hybridized carbons (Fsp3) is 0.385. The predicted molar refractivity (Wildman–Crippen MR) is 65.1 cm³/mol. The van der Waals surface area contributed by atoms with Gasteiger partial charge in [-0.25, -0.2) is 9.59 Å². The number of carbonyl (C=O) groups is 2. The van der Waals surface area contributed by atoms with E-state index in [1.165, 1.54) is 6.07 Å². The molecule has 18 heavy (non-hydrogen) atoms.